The van der Waals surface area contributed by atoms with Crippen molar-refractivity contribution < 1.29 is 9.53 Å². The lowest BCUT2D eigenvalue weighted by molar-refractivity contribution is -0.119. The molecule has 0 rings (SSSR count). The SMILES string of the molecule is C=CC(COC)NC(C)=O. The van der Waals surface area contributed by atoms with Crippen LogP contribution in [0.5, 0.6) is 0 Å². The van der Waals surface area contributed by atoms with Crippen LogP contribution >= 0.6 is 0 Å². The largest absolute Gasteiger partial charge is 0.382 e. The Morgan fingerprint density at radius 2 is 2.50 bits per heavy atom. The molecule has 0 bridgehead atoms. The number of hydrogen-bond acceptors (Lipinski definition) is 2. The molecule has 3 heteroatoms. The van der Waals surface area contributed by atoms with Crippen LogP contribution in [0.25, 0.3) is 0 Å². The minimum absolute atomic E-state index is 0.0671. The van der Waals surface area contributed by atoms with Crippen LogP contribution < -0.4 is 5.32 Å². The molecular formula is C7H13NO2. The minimum atomic E-state index is -0.0676. The first-order valence-corrected chi connectivity index (χ1v) is 3.09. The Bertz CT molecular complexity index is 123. The molecule has 1 unspecified atom stereocenters. The van der Waals surface area contributed by atoms with Crippen LogP contribution in [0, 0.1) is 0 Å². The predicted octanol–water partition coefficient (Wildman–Crippen LogP) is 0.324. The van der Waals surface area contributed by atoms with Crippen molar-refractivity contribution in [1.82, 2.24) is 5.32 Å². The molecule has 1 atom stereocenters. The first-order valence-electron chi connectivity index (χ1n) is 3.09. The van der Waals surface area contributed by atoms with Crippen molar-refractivity contribution in [2.75, 3.05) is 13.7 Å². The van der Waals surface area contributed by atoms with E-state index in [0.717, 1.165) is 0 Å². The highest BCUT2D eigenvalue weighted by Gasteiger charge is 2.02. The minimum Gasteiger partial charge on any atom is -0.382 e. The highest BCUT2D eigenvalue weighted by molar-refractivity contribution is 5.73. The first-order chi connectivity index (χ1) is 4.70. The Morgan fingerprint density at radius 3 is 2.80 bits per heavy atom. The standard InChI is InChI=1S/C7H13NO2/c1-4-7(5-10-3)8-6(2)9/h4,7H,1,5H2,2-3H3,(H,8,9). The molecule has 10 heavy (non-hydrogen) atoms. The van der Waals surface area contributed by atoms with E-state index in [9.17, 15) is 4.79 Å². The maximum Gasteiger partial charge on any atom is 0.217 e. The first kappa shape index (κ1) is 9.17. The summed E-state index contributed by atoms with van der Waals surface area (Å²) < 4.78 is 4.81. The number of amides is 1. The molecule has 0 aliphatic rings. The van der Waals surface area contributed by atoms with Crippen LogP contribution in [0.3, 0.4) is 0 Å². The second kappa shape index (κ2) is 4.99. The van der Waals surface area contributed by atoms with Crippen molar-refractivity contribution in [3.8, 4) is 0 Å². The number of carbonyl (C=O) groups is 1. The number of nitrogens with one attached hydrogen (secondary N) is 1. The summed E-state index contributed by atoms with van der Waals surface area (Å²) in [5, 5.41) is 2.65. The van der Waals surface area contributed by atoms with Gasteiger partial charge in [-0.05, 0) is 0 Å². The van der Waals surface area contributed by atoms with E-state index in [1.807, 2.05) is 0 Å². The number of carbonyl (C=O) groups excluding carboxylic acids is 1. The van der Waals surface area contributed by atoms with Crippen molar-refractivity contribution in [2.24, 2.45) is 0 Å². The molecule has 0 aliphatic heterocycles. The van der Waals surface area contributed by atoms with Gasteiger partial charge < -0.3 is 10.1 Å². The molecular weight excluding hydrogens is 130 g/mol. The van der Waals surface area contributed by atoms with Gasteiger partial charge in [0.05, 0.1) is 12.6 Å². The summed E-state index contributed by atoms with van der Waals surface area (Å²) >= 11 is 0. The molecule has 0 aromatic rings. The Morgan fingerprint density at radius 1 is 1.90 bits per heavy atom. The van der Waals surface area contributed by atoms with Gasteiger partial charge in [0.2, 0.25) is 5.91 Å². The highest BCUT2D eigenvalue weighted by Crippen LogP contribution is 1.84. The van der Waals surface area contributed by atoms with E-state index in [4.69, 9.17) is 4.74 Å². The van der Waals surface area contributed by atoms with E-state index in [2.05, 4.69) is 11.9 Å². The average Bonchev–Trinajstić information content (AvgIpc) is 1.86. The summed E-state index contributed by atoms with van der Waals surface area (Å²) in [6.45, 7) is 5.48. The third kappa shape index (κ3) is 4.09. The molecule has 0 heterocycles. The van der Waals surface area contributed by atoms with Crippen molar-refractivity contribution in [3.05, 3.63) is 12.7 Å². The Labute approximate surface area is 61.1 Å². The van der Waals surface area contributed by atoms with Gasteiger partial charge in [0.1, 0.15) is 0 Å². The molecule has 1 amide bonds. The second-order valence-corrected chi connectivity index (χ2v) is 2.00. The van der Waals surface area contributed by atoms with Gasteiger partial charge in [-0.15, -0.1) is 6.58 Å². The van der Waals surface area contributed by atoms with Crippen LogP contribution in [0.15, 0.2) is 12.7 Å². The van der Waals surface area contributed by atoms with E-state index < -0.39 is 0 Å². The fourth-order valence-corrected chi connectivity index (χ4v) is 0.609. The molecule has 58 valence electrons. The fraction of sp³-hybridized carbons (Fsp3) is 0.571. The van der Waals surface area contributed by atoms with Gasteiger partial charge in [-0.1, -0.05) is 6.08 Å². The maximum atomic E-state index is 10.5. The van der Waals surface area contributed by atoms with Gasteiger partial charge in [0, 0.05) is 14.0 Å². The number of ether oxygens (including phenoxy) is 1. The molecule has 0 aromatic carbocycles. The van der Waals surface area contributed by atoms with Gasteiger partial charge >= 0.3 is 0 Å². The quantitative estimate of drug-likeness (QED) is 0.576. The van der Waals surface area contributed by atoms with Gasteiger partial charge in [-0.2, -0.15) is 0 Å². The van der Waals surface area contributed by atoms with Crippen molar-refractivity contribution in [1.29, 1.82) is 0 Å². The molecule has 0 aliphatic carbocycles. The summed E-state index contributed by atoms with van der Waals surface area (Å²) in [4.78, 5) is 10.5. The van der Waals surface area contributed by atoms with E-state index in [1.54, 1.807) is 13.2 Å². The van der Waals surface area contributed by atoms with Crippen LogP contribution in [0.4, 0.5) is 0 Å². The molecule has 0 aromatic heterocycles. The summed E-state index contributed by atoms with van der Waals surface area (Å²) in [5.74, 6) is -0.0676. The average molecular weight is 143 g/mol. The lowest BCUT2D eigenvalue weighted by Crippen LogP contribution is -2.34. The second-order valence-electron chi connectivity index (χ2n) is 2.00. The number of hydrogen-bond donors (Lipinski definition) is 1. The zero-order valence-corrected chi connectivity index (χ0v) is 6.39. The van der Waals surface area contributed by atoms with Gasteiger partial charge in [-0.25, -0.2) is 0 Å². The van der Waals surface area contributed by atoms with Crippen LogP contribution in [0.1, 0.15) is 6.92 Å². The summed E-state index contributed by atoms with van der Waals surface area (Å²) in [6, 6.07) is -0.0671. The van der Waals surface area contributed by atoms with E-state index in [-0.39, 0.29) is 11.9 Å². The summed E-state index contributed by atoms with van der Waals surface area (Å²) in [5.41, 5.74) is 0. The number of rotatable bonds is 4. The molecule has 0 saturated heterocycles. The Kier molecular flexibility index (Phi) is 4.58. The van der Waals surface area contributed by atoms with E-state index in [0.29, 0.717) is 6.61 Å². The molecule has 0 radical (unpaired) electrons. The topological polar surface area (TPSA) is 38.3 Å². The van der Waals surface area contributed by atoms with Crippen molar-refractivity contribution in [3.63, 3.8) is 0 Å². The molecule has 0 fully saturated rings. The normalized spacial score (nSPS) is 12.2. The summed E-state index contributed by atoms with van der Waals surface area (Å²) in [6.07, 6.45) is 1.64. The van der Waals surface area contributed by atoms with Gasteiger partial charge in [0.15, 0.2) is 0 Å². The van der Waals surface area contributed by atoms with Crippen molar-refractivity contribution >= 4 is 5.91 Å². The number of methoxy groups -OCH3 is 1. The Hall–Kier alpha value is -0.830. The van der Waals surface area contributed by atoms with Crippen LogP contribution in [-0.2, 0) is 9.53 Å². The zero-order valence-electron chi connectivity index (χ0n) is 6.39. The maximum absolute atomic E-state index is 10.5. The Balaban J connectivity index is 3.59. The van der Waals surface area contributed by atoms with Crippen LogP contribution in [-0.4, -0.2) is 25.7 Å². The lowest BCUT2D eigenvalue weighted by atomic mass is 10.3. The van der Waals surface area contributed by atoms with Gasteiger partial charge in [-0.3, -0.25) is 4.79 Å². The van der Waals surface area contributed by atoms with Gasteiger partial charge in [0.25, 0.3) is 0 Å². The molecule has 0 spiro atoms. The van der Waals surface area contributed by atoms with Crippen molar-refractivity contribution in [2.45, 2.75) is 13.0 Å². The summed E-state index contributed by atoms with van der Waals surface area (Å²) in [7, 11) is 1.58. The third-order valence-corrected chi connectivity index (χ3v) is 1.02. The fourth-order valence-electron chi connectivity index (χ4n) is 0.609. The molecule has 0 saturated carbocycles. The lowest BCUT2D eigenvalue weighted by Gasteiger charge is -2.10. The molecule has 3 nitrogen and oxygen atoms in total. The molecule has 1 N–H and O–H groups in total. The predicted molar refractivity (Wildman–Crippen MR) is 39.7 cm³/mol. The van der Waals surface area contributed by atoms with E-state index >= 15 is 0 Å². The monoisotopic (exact) mass is 143 g/mol. The van der Waals surface area contributed by atoms with Crippen LogP contribution in [0.2, 0.25) is 0 Å². The highest BCUT2D eigenvalue weighted by atomic mass is 16.5. The van der Waals surface area contributed by atoms with E-state index in [1.165, 1.54) is 6.92 Å². The zero-order chi connectivity index (χ0) is 7.98. The third-order valence-electron chi connectivity index (χ3n) is 1.02. The smallest absolute Gasteiger partial charge is 0.217 e.